The van der Waals surface area contributed by atoms with Crippen molar-refractivity contribution in [3.63, 3.8) is 0 Å². The summed E-state index contributed by atoms with van der Waals surface area (Å²) >= 11 is 0. The molecule has 6 nitrogen and oxygen atoms in total. The zero-order chi connectivity index (χ0) is 20.8. The number of benzene rings is 2. The van der Waals surface area contributed by atoms with Gasteiger partial charge in [0.2, 0.25) is 0 Å². The van der Waals surface area contributed by atoms with Crippen LogP contribution < -0.4 is 0 Å². The van der Waals surface area contributed by atoms with Gasteiger partial charge in [-0.05, 0) is 47.5 Å². The Morgan fingerprint density at radius 2 is 1.04 bits per heavy atom. The first-order chi connectivity index (χ1) is 13.2. The van der Waals surface area contributed by atoms with Gasteiger partial charge < -0.3 is 20.4 Å². The number of carbonyl (C=O) groups excluding carboxylic acids is 2. The average molecular weight is 382 g/mol. The van der Waals surface area contributed by atoms with Crippen molar-refractivity contribution >= 4 is 23.7 Å². The van der Waals surface area contributed by atoms with Crippen molar-refractivity contribution in [1.82, 2.24) is 0 Å². The number of allylic oxidation sites excluding steroid dienone is 2. The molecule has 28 heavy (non-hydrogen) atoms. The lowest BCUT2D eigenvalue weighted by molar-refractivity contribution is -0.126. The number of hydrogen-bond donors (Lipinski definition) is 4. The molecule has 6 heteroatoms. The minimum absolute atomic E-state index is 0.246. The van der Waals surface area contributed by atoms with Crippen LogP contribution in [0.1, 0.15) is 25.0 Å². The Kier molecular flexibility index (Phi) is 6.60. The minimum Gasteiger partial charge on any atom is -0.504 e. The SMILES string of the molecule is CC(C(=O)/C=C/c1ccc(O)c(O)c1)C(C)C(=O)/C=C/c1ccc(O)c(O)c1. The monoisotopic (exact) mass is 382 g/mol. The Morgan fingerprint density at radius 3 is 1.36 bits per heavy atom. The molecule has 0 radical (unpaired) electrons. The molecule has 2 rings (SSSR count). The molecule has 0 amide bonds. The molecule has 146 valence electrons. The first kappa shape index (κ1) is 20.8. The van der Waals surface area contributed by atoms with Gasteiger partial charge in [0.15, 0.2) is 34.6 Å². The van der Waals surface area contributed by atoms with Gasteiger partial charge in [-0.3, -0.25) is 9.59 Å². The summed E-state index contributed by atoms with van der Waals surface area (Å²) in [5, 5.41) is 37.5. The summed E-state index contributed by atoms with van der Waals surface area (Å²) in [4.78, 5) is 24.7. The van der Waals surface area contributed by atoms with Gasteiger partial charge >= 0.3 is 0 Å². The van der Waals surface area contributed by atoms with E-state index in [1.54, 1.807) is 26.0 Å². The number of phenolic OH excluding ortho intramolecular Hbond substituents is 4. The van der Waals surface area contributed by atoms with Crippen LogP contribution in [0.4, 0.5) is 0 Å². The Bertz CT molecular complexity index is 865. The Hall–Kier alpha value is -3.54. The van der Waals surface area contributed by atoms with Crippen molar-refractivity contribution in [2.75, 3.05) is 0 Å². The van der Waals surface area contributed by atoms with E-state index in [2.05, 4.69) is 0 Å². The van der Waals surface area contributed by atoms with Crippen LogP contribution in [0, 0.1) is 11.8 Å². The molecule has 0 aliphatic rings. The summed E-state index contributed by atoms with van der Waals surface area (Å²) < 4.78 is 0. The number of phenols is 4. The fraction of sp³-hybridized carbons (Fsp3) is 0.182. The molecule has 0 aliphatic carbocycles. The minimum atomic E-state index is -0.563. The first-order valence-corrected chi connectivity index (χ1v) is 8.67. The molecule has 0 saturated carbocycles. The highest BCUT2D eigenvalue weighted by molar-refractivity contribution is 6.02. The van der Waals surface area contributed by atoms with Gasteiger partial charge in [0, 0.05) is 11.8 Å². The van der Waals surface area contributed by atoms with Gasteiger partial charge in [0.1, 0.15) is 0 Å². The number of hydrogen-bond acceptors (Lipinski definition) is 6. The Balaban J connectivity index is 2.02. The summed E-state index contributed by atoms with van der Waals surface area (Å²) in [7, 11) is 0. The molecule has 4 N–H and O–H groups in total. The summed E-state index contributed by atoms with van der Waals surface area (Å²) in [6.45, 7) is 3.31. The highest BCUT2D eigenvalue weighted by atomic mass is 16.3. The second-order valence-corrected chi connectivity index (χ2v) is 6.55. The number of carbonyl (C=O) groups is 2. The molecule has 2 aromatic carbocycles. The topological polar surface area (TPSA) is 115 Å². The van der Waals surface area contributed by atoms with Crippen molar-refractivity contribution in [3.8, 4) is 23.0 Å². The van der Waals surface area contributed by atoms with E-state index in [0.717, 1.165) is 0 Å². The second-order valence-electron chi connectivity index (χ2n) is 6.55. The first-order valence-electron chi connectivity index (χ1n) is 8.67. The van der Waals surface area contributed by atoms with E-state index in [1.165, 1.54) is 48.6 Å². The lowest BCUT2D eigenvalue weighted by Crippen LogP contribution is -2.23. The molecule has 2 unspecified atom stereocenters. The molecular weight excluding hydrogens is 360 g/mol. The maximum atomic E-state index is 12.3. The molecule has 0 saturated heterocycles. The van der Waals surface area contributed by atoms with E-state index in [9.17, 15) is 30.0 Å². The Morgan fingerprint density at radius 1 is 0.679 bits per heavy atom. The molecule has 0 bridgehead atoms. The van der Waals surface area contributed by atoms with Crippen molar-refractivity contribution in [2.45, 2.75) is 13.8 Å². The standard InChI is InChI=1S/C22H22O6/c1-13(17(23)7-3-15-5-9-19(25)21(27)11-15)14(2)18(24)8-4-16-6-10-20(26)22(28)12-16/h3-14,25-28H,1-2H3/b7-3+,8-4+. The van der Waals surface area contributed by atoms with Crippen LogP contribution in [-0.2, 0) is 9.59 Å². The molecule has 0 aliphatic heterocycles. The maximum absolute atomic E-state index is 12.3. The third-order valence-electron chi connectivity index (χ3n) is 4.53. The quantitative estimate of drug-likeness (QED) is 0.429. The molecule has 2 atom stereocenters. The van der Waals surface area contributed by atoms with Gasteiger partial charge in [-0.25, -0.2) is 0 Å². The van der Waals surface area contributed by atoms with E-state index < -0.39 is 11.8 Å². The van der Waals surface area contributed by atoms with Gasteiger partial charge in [0.05, 0.1) is 0 Å². The van der Waals surface area contributed by atoms with Crippen LogP contribution in [0.15, 0.2) is 48.6 Å². The molecule has 0 heterocycles. The number of ketones is 2. The van der Waals surface area contributed by atoms with Gasteiger partial charge in [-0.2, -0.15) is 0 Å². The van der Waals surface area contributed by atoms with Gasteiger partial charge in [0.25, 0.3) is 0 Å². The van der Waals surface area contributed by atoms with Crippen molar-refractivity contribution in [3.05, 3.63) is 59.7 Å². The predicted molar refractivity (Wildman–Crippen MR) is 106 cm³/mol. The third kappa shape index (κ3) is 5.23. The summed E-state index contributed by atoms with van der Waals surface area (Å²) in [5.74, 6) is -2.67. The summed E-state index contributed by atoms with van der Waals surface area (Å²) in [6, 6.07) is 8.39. The van der Waals surface area contributed by atoms with Crippen molar-refractivity contribution < 1.29 is 30.0 Å². The molecule has 0 fully saturated rings. The zero-order valence-electron chi connectivity index (χ0n) is 15.5. The maximum Gasteiger partial charge on any atom is 0.159 e. The molecular formula is C22H22O6. The fourth-order valence-electron chi connectivity index (χ4n) is 2.44. The molecule has 2 aromatic rings. The van der Waals surface area contributed by atoms with E-state index in [0.29, 0.717) is 11.1 Å². The highest BCUT2D eigenvalue weighted by Crippen LogP contribution is 2.26. The van der Waals surface area contributed by atoms with Crippen LogP contribution in [0.5, 0.6) is 23.0 Å². The molecule has 0 aromatic heterocycles. The van der Waals surface area contributed by atoms with Crippen LogP contribution >= 0.6 is 0 Å². The lowest BCUT2D eigenvalue weighted by Gasteiger charge is -2.14. The lowest BCUT2D eigenvalue weighted by atomic mass is 9.87. The van der Waals surface area contributed by atoms with Gasteiger partial charge in [-0.15, -0.1) is 0 Å². The van der Waals surface area contributed by atoms with Crippen LogP contribution in [0.3, 0.4) is 0 Å². The smallest absolute Gasteiger partial charge is 0.159 e. The van der Waals surface area contributed by atoms with E-state index in [-0.39, 0.29) is 34.6 Å². The van der Waals surface area contributed by atoms with Crippen molar-refractivity contribution in [2.24, 2.45) is 11.8 Å². The largest absolute Gasteiger partial charge is 0.504 e. The second kappa shape index (κ2) is 8.90. The summed E-state index contributed by atoms with van der Waals surface area (Å²) in [6.07, 6.45) is 5.68. The van der Waals surface area contributed by atoms with E-state index in [1.807, 2.05) is 0 Å². The highest BCUT2D eigenvalue weighted by Gasteiger charge is 2.23. The van der Waals surface area contributed by atoms with Gasteiger partial charge in [-0.1, -0.05) is 38.1 Å². The number of rotatable bonds is 7. The zero-order valence-corrected chi connectivity index (χ0v) is 15.5. The van der Waals surface area contributed by atoms with E-state index in [4.69, 9.17) is 0 Å². The van der Waals surface area contributed by atoms with Crippen molar-refractivity contribution in [1.29, 1.82) is 0 Å². The number of aromatic hydroxyl groups is 4. The van der Waals surface area contributed by atoms with Crippen LogP contribution in [0.25, 0.3) is 12.2 Å². The van der Waals surface area contributed by atoms with E-state index >= 15 is 0 Å². The fourth-order valence-corrected chi connectivity index (χ4v) is 2.44. The Labute approximate surface area is 162 Å². The normalized spacial score (nSPS) is 13.6. The van der Waals surface area contributed by atoms with Crippen LogP contribution in [-0.4, -0.2) is 32.0 Å². The third-order valence-corrected chi connectivity index (χ3v) is 4.53. The average Bonchev–Trinajstić information content (AvgIpc) is 2.68. The molecule has 0 spiro atoms. The summed E-state index contributed by atoms with van der Waals surface area (Å²) in [5.41, 5.74) is 1.09. The predicted octanol–water partition coefficient (Wildman–Crippen LogP) is 3.65. The van der Waals surface area contributed by atoms with Crippen LogP contribution in [0.2, 0.25) is 0 Å².